The van der Waals surface area contributed by atoms with Crippen LogP contribution in [0.15, 0.2) is 29.4 Å². The molecule has 1 atom stereocenters. The lowest BCUT2D eigenvalue weighted by Crippen LogP contribution is -2.40. The van der Waals surface area contributed by atoms with Crippen LogP contribution in [0.1, 0.15) is 33.4 Å². The number of rotatable bonds is 6. The van der Waals surface area contributed by atoms with Crippen molar-refractivity contribution in [2.75, 3.05) is 13.1 Å². The van der Waals surface area contributed by atoms with Crippen molar-refractivity contribution in [3.05, 3.63) is 30.1 Å². The smallest absolute Gasteiger partial charge is 0.191 e. The molecule has 106 valence electrons. The van der Waals surface area contributed by atoms with Crippen LogP contribution >= 0.6 is 0 Å². The third kappa shape index (κ3) is 6.22. The first-order valence-corrected chi connectivity index (χ1v) is 7.05. The average Bonchev–Trinajstić information content (AvgIpc) is 2.42. The third-order valence-electron chi connectivity index (χ3n) is 3.20. The number of pyridine rings is 1. The highest BCUT2D eigenvalue weighted by Crippen LogP contribution is 2.07. The van der Waals surface area contributed by atoms with E-state index in [4.69, 9.17) is 0 Å². The van der Waals surface area contributed by atoms with Gasteiger partial charge in [-0.25, -0.2) is 4.99 Å². The van der Waals surface area contributed by atoms with Crippen molar-refractivity contribution in [3.8, 4) is 0 Å². The summed E-state index contributed by atoms with van der Waals surface area (Å²) in [4.78, 5) is 8.82. The molecule has 0 saturated heterocycles. The summed E-state index contributed by atoms with van der Waals surface area (Å²) in [6.07, 6.45) is 1.80. The van der Waals surface area contributed by atoms with Crippen LogP contribution in [0.4, 0.5) is 0 Å². The van der Waals surface area contributed by atoms with Gasteiger partial charge < -0.3 is 10.6 Å². The van der Waals surface area contributed by atoms with Crippen molar-refractivity contribution in [2.45, 2.75) is 34.2 Å². The summed E-state index contributed by atoms with van der Waals surface area (Å²) in [5.41, 5.74) is 0.983. The first kappa shape index (κ1) is 15.5. The maximum Gasteiger partial charge on any atom is 0.191 e. The van der Waals surface area contributed by atoms with Gasteiger partial charge in [0.2, 0.25) is 0 Å². The molecule has 0 radical (unpaired) electrons. The quantitative estimate of drug-likeness (QED) is 0.611. The Kier molecular flexibility index (Phi) is 6.93. The minimum absolute atomic E-state index is 0.603. The van der Waals surface area contributed by atoms with E-state index in [1.54, 1.807) is 6.20 Å². The molecule has 0 spiro atoms. The number of nitrogens with one attached hydrogen (secondary N) is 2. The minimum atomic E-state index is 0.603. The zero-order valence-corrected chi connectivity index (χ0v) is 12.5. The lowest BCUT2D eigenvalue weighted by Gasteiger charge is -2.18. The highest BCUT2D eigenvalue weighted by molar-refractivity contribution is 5.79. The molecule has 0 aliphatic heterocycles. The van der Waals surface area contributed by atoms with Gasteiger partial charge in [0.15, 0.2) is 5.96 Å². The number of nitrogens with zero attached hydrogens (tertiary/aromatic N) is 2. The summed E-state index contributed by atoms with van der Waals surface area (Å²) in [5, 5.41) is 6.64. The largest absolute Gasteiger partial charge is 0.357 e. The second-order valence-electron chi connectivity index (χ2n) is 5.12. The highest BCUT2D eigenvalue weighted by atomic mass is 15.2. The summed E-state index contributed by atoms with van der Waals surface area (Å²) in [6, 6.07) is 5.89. The van der Waals surface area contributed by atoms with Gasteiger partial charge in [-0.1, -0.05) is 26.8 Å². The molecule has 0 aromatic carbocycles. The molecule has 1 heterocycles. The van der Waals surface area contributed by atoms with Gasteiger partial charge in [0.05, 0.1) is 12.2 Å². The van der Waals surface area contributed by atoms with Crippen molar-refractivity contribution in [1.29, 1.82) is 0 Å². The van der Waals surface area contributed by atoms with Crippen LogP contribution in [0.3, 0.4) is 0 Å². The Morgan fingerprint density at radius 2 is 2.05 bits per heavy atom. The van der Waals surface area contributed by atoms with Gasteiger partial charge in [-0.15, -0.1) is 0 Å². The molecule has 0 aliphatic rings. The zero-order valence-electron chi connectivity index (χ0n) is 12.5. The van der Waals surface area contributed by atoms with Gasteiger partial charge in [-0.05, 0) is 30.9 Å². The summed E-state index contributed by atoms with van der Waals surface area (Å²) >= 11 is 0. The fourth-order valence-corrected chi connectivity index (χ4v) is 1.49. The van der Waals surface area contributed by atoms with Crippen molar-refractivity contribution >= 4 is 5.96 Å². The number of aliphatic imine (C=N–C) groups is 1. The van der Waals surface area contributed by atoms with E-state index >= 15 is 0 Å². The Hall–Kier alpha value is -1.58. The zero-order chi connectivity index (χ0) is 14.1. The van der Waals surface area contributed by atoms with Gasteiger partial charge in [-0.2, -0.15) is 0 Å². The van der Waals surface area contributed by atoms with Crippen LogP contribution in [-0.4, -0.2) is 24.0 Å². The van der Waals surface area contributed by atoms with E-state index in [9.17, 15) is 0 Å². The Morgan fingerprint density at radius 3 is 2.63 bits per heavy atom. The maximum atomic E-state index is 4.55. The Morgan fingerprint density at radius 1 is 1.26 bits per heavy atom. The molecule has 2 N–H and O–H groups in total. The molecular formula is C15H26N4. The van der Waals surface area contributed by atoms with Crippen molar-refractivity contribution < 1.29 is 0 Å². The van der Waals surface area contributed by atoms with E-state index in [1.165, 1.54) is 0 Å². The van der Waals surface area contributed by atoms with Crippen LogP contribution in [-0.2, 0) is 6.54 Å². The molecule has 0 saturated carbocycles. The molecule has 0 unspecified atom stereocenters. The van der Waals surface area contributed by atoms with Gasteiger partial charge in [0.25, 0.3) is 0 Å². The maximum absolute atomic E-state index is 4.55. The van der Waals surface area contributed by atoms with E-state index in [2.05, 4.69) is 48.3 Å². The molecule has 1 rings (SSSR count). The van der Waals surface area contributed by atoms with Crippen LogP contribution in [0.25, 0.3) is 0 Å². The van der Waals surface area contributed by atoms with Crippen LogP contribution < -0.4 is 10.6 Å². The van der Waals surface area contributed by atoms with Gasteiger partial charge >= 0.3 is 0 Å². The molecular weight excluding hydrogens is 236 g/mol. The number of hydrogen-bond donors (Lipinski definition) is 2. The predicted molar refractivity (Wildman–Crippen MR) is 81.1 cm³/mol. The van der Waals surface area contributed by atoms with Gasteiger partial charge in [0.1, 0.15) is 0 Å². The number of hydrogen-bond acceptors (Lipinski definition) is 2. The standard InChI is InChI=1S/C15H26N4/c1-5-16-15(18-10-13(4)12(2)3)19-11-14-8-6-7-9-17-14/h6-9,12-13H,5,10-11H2,1-4H3,(H2,16,18,19)/t13-/m0/s1. The first-order valence-electron chi connectivity index (χ1n) is 7.05. The van der Waals surface area contributed by atoms with E-state index in [1.807, 2.05) is 18.2 Å². The van der Waals surface area contributed by atoms with E-state index in [0.717, 1.165) is 24.7 Å². The number of guanidine groups is 1. The number of aromatic nitrogens is 1. The van der Waals surface area contributed by atoms with Crippen LogP contribution in [0, 0.1) is 11.8 Å². The lowest BCUT2D eigenvalue weighted by molar-refractivity contribution is 0.413. The Balaban J connectivity index is 2.51. The van der Waals surface area contributed by atoms with E-state index in [-0.39, 0.29) is 0 Å². The lowest BCUT2D eigenvalue weighted by atomic mass is 9.98. The SMILES string of the molecule is CCNC(=NCc1ccccn1)NC[C@H](C)C(C)C. The van der Waals surface area contributed by atoms with E-state index in [0.29, 0.717) is 18.4 Å². The fourth-order valence-electron chi connectivity index (χ4n) is 1.49. The molecule has 0 amide bonds. The van der Waals surface area contributed by atoms with Crippen LogP contribution in [0.2, 0.25) is 0 Å². The molecule has 0 bridgehead atoms. The van der Waals surface area contributed by atoms with Crippen molar-refractivity contribution in [2.24, 2.45) is 16.8 Å². The van der Waals surface area contributed by atoms with E-state index < -0.39 is 0 Å². The van der Waals surface area contributed by atoms with Crippen molar-refractivity contribution in [3.63, 3.8) is 0 Å². The Bertz CT molecular complexity index is 373. The topological polar surface area (TPSA) is 49.3 Å². The first-order chi connectivity index (χ1) is 9.13. The predicted octanol–water partition coefficient (Wildman–Crippen LogP) is 2.43. The van der Waals surface area contributed by atoms with Crippen LogP contribution in [0.5, 0.6) is 0 Å². The second-order valence-corrected chi connectivity index (χ2v) is 5.12. The normalized spacial score (nSPS) is 13.4. The summed E-state index contributed by atoms with van der Waals surface area (Å²) < 4.78 is 0. The molecule has 0 fully saturated rings. The molecule has 4 nitrogen and oxygen atoms in total. The second kappa shape index (κ2) is 8.51. The summed E-state index contributed by atoms with van der Waals surface area (Å²) in [6.45, 7) is 11.2. The average molecular weight is 262 g/mol. The third-order valence-corrected chi connectivity index (χ3v) is 3.20. The highest BCUT2D eigenvalue weighted by Gasteiger charge is 2.07. The molecule has 19 heavy (non-hydrogen) atoms. The molecule has 4 heteroatoms. The van der Waals surface area contributed by atoms with Crippen molar-refractivity contribution in [1.82, 2.24) is 15.6 Å². The minimum Gasteiger partial charge on any atom is -0.357 e. The summed E-state index contributed by atoms with van der Waals surface area (Å²) in [7, 11) is 0. The summed E-state index contributed by atoms with van der Waals surface area (Å²) in [5.74, 6) is 2.16. The molecule has 1 aromatic rings. The van der Waals surface area contributed by atoms with Gasteiger partial charge in [-0.3, -0.25) is 4.98 Å². The Labute approximate surface area is 116 Å². The molecule has 0 aliphatic carbocycles. The van der Waals surface area contributed by atoms with Gasteiger partial charge in [0, 0.05) is 19.3 Å². The molecule has 1 aromatic heterocycles. The fraction of sp³-hybridized carbons (Fsp3) is 0.600. The monoisotopic (exact) mass is 262 g/mol.